The number of tetrazole rings is 1. The Balaban J connectivity index is 1.64. The van der Waals surface area contributed by atoms with Gasteiger partial charge in [-0.2, -0.15) is 0 Å². The molecule has 92 valence electrons. The highest BCUT2D eigenvalue weighted by molar-refractivity contribution is 5.41. The minimum atomic E-state index is 0.629. The van der Waals surface area contributed by atoms with Crippen LogP contribution in [0.2, 0.25) is 0 Å². The van der Waals surface area contributed by atoms with Gasteiger partial charge in [0.1, 0.15) is 11.6 Å². The lowest BCUT2D eigenvalue weighted by Gasteiger charge is -2.05. The summed E-state index contributed by atoms with van der Waals surface area (Å²) in [5.41, 5.74) is 0.629. The van der Waals surface area contributed by atoms with Gasteiger partial charge in [-0.3, -0.25) is 0 Å². The molecule has 0 saturated carbocycles. The molecule has 0 spiro atoms. The summed E-state index contributed by atoms with van der Waals surface area (Å²) in [5.74, 6) is 1.77. The molecule has 3 aromatic heterocycles. The van der Waals surface area contributed by atoms with Crippen LogP contribution in [0.3, 0.4) is 0 Å². The molecule has 0 aliphatic carbocycles. The third kappa shape index (κ3) is 1.99. The molecule has 0 amide bonds. The number of hydrogen-bond acceptors (Lipinski definition) is 6. The first-order valence-electron chi connectivity index (χ1n) is 5.58. The lowest BCUT2D eigenvalue weighted by atomic mass is 10.4. The Morgan fingerprint density at radius 2 is 2.28 bits per heavy atom. The molecular weight excluding hydrogens is 232 g/mol. The highest BCUT2D eigenvalue weighted by Gasteiger charge is 2.01. The van der Waals surface area contributed by atoms with Gasteiger partial charge in [0.25, 0.3) is 0 Å². The first kappa shape index (κ1) is 10.6. The number of anilines is 1. The molecule has 0 saturated heterocycles. The maximum absolute atomic E-state index is 4.25. The summed E-state index contributed by atoms with van der Waals surface area (Å²) in [5, 5.41) is 18.5. The minimum absolute atomic E-state index is 0.629. The summed E-state index contributed by atoms with van der Waals surface area (Å²) in [6.07, 6.45) is 4.56. The van der Waals surface area contributed by atoms with Crippen LogP contribution < -0.4 is 5.32 Å². The summed E-state index contributed by atoms with van der Waals surface area (Å²) in [6, 6.07) is 3.67. The van der Waals surface area contributed by atoms with Crippen molar-refractivity contribution in [1.29, 1.82) is 0 Å². The van der Waals surface area contributed by atoms with Gasteiger partial charge in [0.15, 0.2) is 5.65 Å². The predicted octanol–water partition coefficient (Wildman–Crippen LogP) is -0.0926. The number of nitrogens with one attached hydrogen (secondary N) is 1. The molecule has 0 bridgehead atoms. The van der Waals surface area contributed by atoms with Crippen molar-refractivity contribution in [3.8, 4) is 0 Å². The van der Waals surface area contributed by atoms with E-state index in [-0.39, 0.29) is 0 Å². The van der Waals surface area contributed by atoms with Crippen molar-refractivity contribution in [1.82, 2.24) is 34.8 Å². The van der Waals surface area contributed by atoms with Crippen LogP contribution in [-0.4, -0.2) is 41.4 Å². The number of rotatable bonds is 4. The van der Waals surface area contributed by atoms with Crippen LogP contribution in [0, 0.1) is 0 Å². The molecule has 0 atom stereocenters. The summed E-state index contributed by atoms with van der Waals surface area (Å²) in [4.78, 5) is 4.25. The van der Waals surface area contributed by atoms with Crippen molar-refractivity contribution < 1.29 is 0 Å². The van der Waals surface area contributed by atoms with E-state index in [1.165, 1.54) is 4.63 Å². The topological polar surface area (TPSA) is 85.8 Å². The van der Waals surface area contributed by atoms with E-state index >= 15 is 0 Å². The van der Waals surface area contributed by atoms with E-state index in [4.69, 9.17) is 0 Å². The van der Waals surface area contributed by atoms with Gasteiger partial charge in [0.2, 0.25) is 0 Å². The van der Waals surface area contributed by atoms with Crippen LogP contribution in [0.5, 0.6) is 0 Å². The van der Waals surface area contributed by atoms with Gasteiger partial charge in [-0.05, 0) is 22.6 Å². The Hall–Kier alpha value is -2.51. The number of aromatic nitrogens is 7. The zero-order valence-electron chi connectivity index (χ0n) is 9.85. The number of hydrogen-bond donors (Lipinski definition) is 1. The van der Waals surface area contributed by atoms with E-state index in [9.17, 15) is 0 Å². The standard InChI is InChI=1S/C10H12N8/c1-17-7-6-12-9(17)4-5-11-8-2-3-10-13-15-16-18(10)14-8/h2-3,6-7H,4-5H2,1H3,(H,11,14). The highest BCUT2D eigenvalue weighted by Crippen LogP contribution is 2.03. The molecular formula is C10H12N8. The summed E-state index contributed by atoms with van der Waals surface area (Å²) in [7, 11) is 1.98. The highest BCUT2D eigenvalue weighted by atomic mass is 15.6. The molecule has 0 aliphatic heterocycles. The van der Waals surface area contributed by atoms with Crippen molar-refractivity contribution in [2.45, 2.75) is 6.42 Å². The Bertz CT molecular complexity index is 655. The Morgan fingerprint density at radius 3 is 3.11 bits per heavy atom. The lowest BCUT2D eigenvalue weighted by molar-refractivity contribution is 0.731. The van der Waals surface area contributed by atoms with Gasteiger partial charge < -0.3 is 9.88 Å². The van der Waals surface area contributed by atoms with Crippen molar-refractivity contribution in [2.24, 2.45) is 7.05 Å². The third-order valence-electron chi connectivity index (χ3n) is 2.65. The maximum Gasteiger partial charge on any atom is 0.200 e. The first-order chi connectivity index (χ1) is 8.83. The van der Waals surface area contributed by atoms with Gasteiger partial charge >= 0.3 is 0 Å². The SMILES string of the molecule is Cn1ccnc1CCNc1ccc2nnnn2n1. The Kier molecular flexibility index (Phi) is 2.60. The molecule has 0 unspecified atom stereocenters. The van der Waals surface area contributed by atoms with E-state index < -0.39 is 0 Å². The molecule has 0 radical (unpaired) electrons. The molecule has 3 aromatic rings. The number of aryl methyl sites for hydroxylation is 1. The van der Waals surface area contributed by atoms with Crippen LogP contribution in [0.1, 0.15) is 5.82 Å². The molecule has 0 aliphatic rings. The van der Waals surface area contributed by atoms with E-state index in [1.54, 1.807) is 6.20 Å². The van der Waals surface area contributed by atoms with E-state index in [0.29, 0.717) is 5.65 Å². The second-order valence-electron chi connectivity index (χ2n) is 3.88. The number of fused-ring (bicyclic) bond motifs is 1. The minimum Gasteiger partial charge on any atom is -0.368 e. The van der Waals surface area contributed by atoms with Gasteiger partial charge in [0, 0.05) is 32.4 Å². The van der Waals surface area contributed by atoms with Crippen molar-refractivity contribution >= 4 is 11.5 Å². The molecule has 8 nitrogen and oxygen atoms in total. The predicted molar refractivity (Wildman–Crippen MR) is 64.0 cm³/mol. The van der Waals surface area contributed by atoms with E-state index in [1.807, 2.05) is 29.9 Å². The zero-order valence-corrected chi connectivity index (χ0v) is 9.85. The second kappa shape index (κ2) is 4.40. The molecule has 0 fully saturated rings. The molecule has 0 aromatic carbocycles. The van der Waals surface area contributed by atoms with Crippen molar-refractivity contribution in [3.05, 3.63) is 30.4 Å². The van der Waals surface area contributed by atoms with Gasteiger partial charge in [-0.15, -0.1) is 14.8 Å². The van der Waals surface area contributed by atoms with E-state index in [2.05, 4.69) is 30.9 Å². The summed E-state index contributed by atoms with van der Waals surface area (Å²) in [6.45, 7) is 0.755. The third-order valence-corrected chi connectivity index (χ3v) is 2.65. The van der Waals surface area contributed by atoms with Gasteiger partial charge in [-0.1, -0.05) is 0 Å². The number of nitrogens with zero attached hydrogens (tertiary/aromatic N) is 7. The molecule has 18 heavy (non-hydrogen) atoms. The molecule has 3 rings (SSSR count). The lowest BCUT2D eigenvalue weighted by Crippen LogP contribution is -2.10. The van der Waals surface area contributed by atoms with Gasteiger partial charge in [0.05, 0.1) is 0 Å². The molecule has 8 heteroatoms. The second-order valence-corrected chi connectivity index (χ2v) is 3.88. The fourth-order valence-corrected chi connectivity index (χ4v) is 1.68. The molecule has 3 heterocycles. The van der Waals surface area contributed by atoms with E-state index in [0.717, 1.165) is 24.6 Å². The summed E-state index contributed by atoms with van der Waals surface area (Å²) < 4.78 is 3.39. The Morgan fingerprint density at radius 1 is 1.33 bits per heavy atom. The fraction of sp³-hybridized carbons (Fsp3) is 0.300. The van der Waals surface area contributed by atoms with Crippen LogP contribution in [0.25, 0.3) is 5.65 Å². The van der Waals surface area contributed by atoms with Crippen molar-refractivity contribution in [3.63, 3.8) is 0 Å². The van der Waals surface area contributed by atoms with Crippen LogP contribution in [0.15, 0.2) is 24.5 Å². The zero-order chi connectivity index (χ0) is 12.4. The largest absolute Gasteiger partial charge is 0.368 e. The average molecular weight is 244 g/mol. The van der Waals surface area contributed by atoms with Crippen LogP contribution in [-0.2, 0) is 13.5 Å². The average Bonchev–Trinajstić information content (AvgIpc) is 2.98. The monoisotopic (exact) mass is 244 g/mol. The Labute approximate surface area is 103 Å². The first-order valence-corrected chi connectivity index (χ1v) is 5.58. The summed E-state index contributed by atoms with van der Waals surface area (Å²) >= 11 is 0. The fourth-order valence-electron chi connectivity index (χ4n) is 1.68. The normalized spacial score (nSPS) is 10.9. The molecule has 1 N–H and O–H groups in total. The maximum atomic E-state index is 4.25. The smallest absolute Gasteiger partial charge is 0.200 e. The number of imidazole rings is 1. The quantitative estimate of drug-likeness (QED) is 0.690. The van der Waals surface area contributed by atoms with Crippen molar-refractivity contribution in [2.75, 3.05) is 11.9 Å². The van der Waals surface area contributed by atoms with Gasteiger partial charge in [-0.25, -0.2) is 4.98 Å². The van der Waals surface area contributed by atoms with Crippen LogP contribution in [0.4, 0.5) is 5.82 Å². The van der Waals surface area contributed by atoms with Crippen LogP contribution >= 0.6 is 0 Å².